The average molecular weight is 338 g/mol. The molecule has 4 N–H and O–H groups in total. The van der Waals surface area contributed by atoms with Gasteiger partial charge in [-0.15, -0.1) is 0 Å². The van der Waals surface area contributed by atoms with E-state index in [1.165, 1.54) is 18.2 Å². The van der Waals surface area contributed by atoms with E-state index in [1.807, 2.05) is 30.3 Å². The van der Waals surface area contributed by atoms with Crippen LogP contribution in [-0.2, 0) is 6.54 Å². The Morgan fingerprint density at radius 1 is 1.08 bits per heavy atom. The molecule has 1 heterocycles. The first-order valence-electron chi connectivity index (χ1n) is 7.42. The monoisotopic (exact) mass is 338 g/mol. The molecule has 0 atom stereocenters. The number of benzene rings is 2. The van der Waals surface area contributed by atoms with Gasteiger partial charge < -0.3 is 20.5 Å². The first-order valence-corrected chi connectivity index (χ1v) is 7.42. The highest BCUT2D eigenvalue weighted by Crippen LogP contribution is 2.25. The number of carboxylic acid groups (broad SMARTS) is 1. The highest BCUT2D eigenvalue weighted by atomic mass is 16.4. The maximum Gasteiger partial charge on any atom is 0.335 e. The molecule has 0 aliphatic heterocycles. The number of carboxylic acids is 1. The van der Waals surface area contributed by atoms with Crippen LogP contribution >= 0.6 is 0 Å². The molecule has 3 rings (SSSR count). The van der Waals surface area contributed by atoms with E-state index < -0.39 is 28.7 Å². The van der Waals surface area contributed by atoms with Crippen LogP contribution in [-0.4, -0.2) is 27.1 Å². The van der Waals surface area contributed by atoms with E-state index in [-0.39, 0.29) is 23.0 Å². The summed E-state index contributed by atoms with van der Waals surface area (Å²) in [5.41, 5.74) is -0.255. The zero-order valence-corrected chi connectivity index (χ0v) is 12.9. The van der Waals surface area contributed by atoms with Crippen molar-refractivity contribution in [3.05, 3.63) is 75.6 Å². The van der Waals surface area contributed by atoms with Gasteiger partial charge in [-0.25, -0.2) is 4.79 Å². The zero-order valence-electron chi connectivity index (χ0n) is 12.9. The molecule has 0 aliphatic rings. The minimum absolute atomic E-state index is 0.0381. The molecule has 0 saturated heterocycles. The van der Waals surface area contributed by atoms with Crippen LogP contribution in [0.3, 0.4) is 0 Å². The minimum atomic E-state index is -1.16. The fourth-order valence-electron chi connectivity index (χ4n) is 2.49. The molecule has 0 radical (unpaired) electrons. The maximum atomic E-state index is 12.3. The van der Waals surface area contributed by atoms with Gasteiger partial charge in [0, 0.05) is 11.9 Å². The predicted octanol–water partition coefficient (Wildman–Crippen LogP) is 1.86. The Hall–Kier alpha value is -3.61. The van der Waals surface area contributed by atoms with Gasteiger partial charge in [-0.2, -0.15) is 0 Å². The SMILES string of the molecule is O=C(O)c1ccc2c(O)c(C(=O)NCc3ccccc3)c(=O)[nH]c2c1. The molecule has 1 aromatic heterocycles. The molecule has 0 fully saturated rings. The summed E-state index contributed by atoms with van der Waals surface area (Å²) in [6, 6.07) is 13.0. The van der Waals surface area contributed by atoms with Crippen LogP contribution in [0.25, 0.3) is 10.9 Å². The molecule has 1 amide bonds. The van der Waals surface area contributed by atoms with Gasteiger partial charge in [0.2, 0.25) is 0 Å². The molecule has 3 aromatic rings. The van der Waals surface area contributed by atoms with Crippen molar-refractivity contribution in [2.75, 3.05) is 0 Å². The topological polar surface area (TPSA) is 119 Å². The van der Waals surface area contributed by atoms with Gasteiger partial charge in [0.15, 0.2) is 0 Å². The molecular weight excluding hydrogens is 324 g/mol. The molecule has 0 unspecified atom stereocenters. The second-order valence-electron chi connectivity index (χ2n) is 5.41. The van der Waals surface area contributed by atoms with Gasteiger partial charge in [-0.3, -0.25) is 9.59 Å². The van der Waals surface area contributed by atoms with Gasteiger partial charge in [-0.1, -0.05) is 30.3 Å². The quantitative estimate of drug-likeness (QED) is 0.579. The first-order chi connectivity index (χ1) is 12.0. The van der Waals surface area contributed by atoms with Crippen LogP contribution in [0.2, 0.25) is 0 Å². The number of hydrogen-bond donors (Lipinski definition) is 4. The minimum Gasteiger partial charge on any atom is -0.506 e. The summed E-state index contributed by atoms with van der Waals surface area (Å²) in [6.45, 7) is 0.203. The molecule has 7 nitrogen and oxygen atoms in total. The molecule has 2 aromatic carbocycles. The van der Waals surface area contributed by atoms with Gasteiger partial charge in [0.25, 0.3) is 11.5 Å². The fraction of sp³-hybridized carbons (Fsp3) is 0.0556. The van der Waals surface area contributed by atoms with Crippen molar-refractivity contribution >= 4 is 22.8 Å². The number of carbonyl (C=O) groups excluding carboxylic acids is 1. The third kappa shape index (κ3) is 3.20. The Bertz CT molecular complexity index is 1020. The number of rotatable bonds is 4. The fourth-order valence-corrected chi connectivity index (χ4v) is 2.49. The zero-order chi connectivity index (χ0) is 18.0. The summed E-state index contributed by atoms with van der Waals surface area (Å²) in [5.74, 6) is -2.36. The maximum absolute atomic E-state index is 12.3. The van der Waals surface area contributed by atoms with Crippen LogP contribution in [0, 0.1) is 0 Å². The number of aromatic hydroxyl groups is 1. The van der Waals surface area contributed by atoms with Crippen LogP contribution in [0.15, 0.2) is 53.3 Å². The van der Waals surface area contributed by atoms with Crippen molar-refractivity contribution in [1.82, 2.24) is 10.3 Å². The van der Waals surface area contributed by atoms with Crippen LogP contribution in [0.5, 0.6) is 5.75 Å². The highest BCUT2D eigenvalue weighted by molar-refractivity contribution is 6.03. The summed E-state index contributed by atoms with van der Waals surface area (Å²) < 4.78 is 0. The van der Waals surface area contributed by atoms with Gasteiger partial charge in [0.05, 0.1) is 11.1 Å². The number of carbonyl (C=O) groups is 2. The second-order valence-corrected chi connectivity index (χ2v) is 5.41. The molecule has 0 bridgehead atoms. The molecule has 25 heavy (non-hydrogen) atoms. The number of nitrogens with one attached hydrogen (secondary N) is 2. The Morgan fingerprint density at radius 2 is 1.80 bits per heavy atom. The normalized spacial score (nSPS) is 10.6. The molecule has 0 spiro atoms. The van der Waals surface area contributed by atoms with E-state index >= 15 is 0 Å². The first kappa shape index (κ1) is 16.3. The number of pyridine rings is 1. The van der Waals surface area contributed by atoms with Crippen molar-refractivity contribution in [2.45, 2.75) is 6.54 Å². The van der Waals surface area contributed by atoms with Crippen molar-refractivity contribution in [3.8, 4) is 5.75 Å². The van der Waals surface area contributed by atoms with Gasteiger partial charge >= 0.3 is 5.97 Å². The Balaban J connectivity index is 1.96. The number of fused-ring (bicyclic) bond motifs is 1. The average Bonchev–Trinajstić information content (AvgIpc) is 2.60. The number of amides is 1. The van der Waals surface area contributed by atoms with E-state index in [2.05, 4.69) is 10.3 Å². The Kier molecular flexibility index (Phi) is 4.21. The third-order valence-corrected chi connectivity index (χ3v) is 3.76. The van der Waals surface area contributed by atoms with Crippen molar-refractivity contribution in [3.63, 3.8) is 0 Å². The van der Waals surface area contributed by atoms with E-state index in [4.69, 9.17) is 5.11 Å². The van der Waals surface area contributed by atoms with Crippen molar-refractivity contribution in [2.24, 2.45) is 0 Å². The molecule has 0 saturated carbocycles. The van der Waals surface area contributed by atoms with E-state index in [1.54, 1.807) is 0 Å². The summed E-state index contributed by atoms with van der Waals surface area (Å²) in [7, 11) is 0. The van der Waals surface area contributed by atoms with E-state index in [9.17, 15) is 19.5 Å². The summed E-state index contributed by atoms with van der Waals surface area (Å²) in [6.07, 6.45) is 0. The molecule has 0 aliphatic carbocycles. The standard InChI is InChI=1S/C18H14N2O5/c21-15-12-7-6-11(18(24)25)8-13(12)20-17(23)14(15)16(22)19-9-10-4-2-1-3-5-10/h1-8H,9H2,(H,19,22)(H,24,25)(H2,20,21,23). The summed E-state index contributed by atoms with van der Waals surface area (Å²) in [4.78, 5) is 37.9. The predicted molar refractivity (Wildman–Crippen MR) is 90.8 cm³/mol. The lowest BCUT2D eigenvalue weighted by Crippen LogP contribution is -2.29. The number of hydrogen-bond acceptors (Lipinski definition) is 4. The molecule has 7 heteroatoms. The summed E-state index contributed by atoms with van der Waals surface area (Å²) in [5, 5.41) is 22.1. The third-order valence-electron chi connectivity index (χ3n) is 3.76. The largest absolute Gasteiger partial charge is 0.506 e. The van der Waals surface area contributed by atoms with Crippen molar-refractivity contribution in [1.29, 1.82) is 0 Å². The van der Waals surface area contributed by atoms with Crippen LogP contribution < -0.4 is 10.9 Å². The van der Waals surface area contributed by atoms with Gasteiger partial charge in [0.1, 0.15) is 11.3 Å². The van der Waals surface area contributed by atoms with Crippen molar-refractivity contribution < 1.29 is 19.8 Å². The number of H-pyrrole nitrogens is 1. The molecular formula is C18H14N2O5. The Morgan fingerprint density at radius 3 is 2.48 bits per heavy atom. The number of aromatic amines is 1. The lowest BCUT2D eigenvalue weighted by Gasteiger charge is -2.09. The van der Waals surface area contributed by atoms with Crippen LogP contribution in [0.1, 0.15) is 26.3 Å². The van der Waals surface area contributed by atoms with E-state index in [0.29, 0.717) is 0 Å². The van der Waals surface area contributed by atoms with Crippen LogP contribution in [0.4, 0.5) is 0 Å². The number of aromatic nitrogens is 1. The van der Waals surface area contributed by atoms with Gasteiger partial charge in [-0.05, 0) is 23.8 Å². The second kappa shape index (κ2) is 6.48. The smallest absolute Gasteiger partial charge is 0.335 e. The van der Waals surface area contributed by atoms with E-state index in [0.717, 1.165) is 5.56 Å². The summed E-state index contributed by atoms with van der Waals surface area (Å²) >= 11 is 0. The molecule has 126 valence electrons. The lowest BCUT2D eigenvalue weighted by atomic mass is 10.1. The highest BCUT2D eigenvalue weighted by Gasteiger charge is 2.19. The number of aromatic carboxylic acids is 1. The lowest BCUT2D eigenvalue weighted by molar-refractivity contribution is 0.0696. The Labute approximate surface area is 141 Å².